The second-order valence-corrected chi connectivity index (χ2v) is 6.39. The number of carbonyl (C=O) groups excluding carboxylic acids is 1. The Kier molecular flexibility index (Phi) is 3.88. The summed E-state index contributed by atoms with van der Waals surface area (Å²) in [4.78, 5) is 39.5. The number of nitrogens with zero attached hydrogens (tertiary/aromatic N) is 3. The van der Waals surface area contributed by atoms with Gasteiger partial charge in [0.2, 0.25) is 0 Å². The zero-order valence-corrected chi connectivity index (χ0v) is 14.5. The Hall–Kier alpha value is -3.68. The minimum Gasteiger partial charge on any atom is -0.312 e. The molecule has 1 amide bonds. The molecule has 0 aliphatic carbocycles. The van der Waals surface area contributed by atoms with Gasteiger partial charge in [-0.25, -0.2) is 4.79 Å². The first-order valence-electron chi connectivity index (χ1n) is 8.42. The van der Waals surface area contributed by atoms with Gasteiger partial charge in [0.25, 0.3) is 11.6 Å². The van der Waals surface area contributed by atoms with Crippen molar-refractivity contribution in [2.45, 2.75) is 13.3 Å². The van der Waals surface area contributed by atoms with Crippen LogP contribution in [0, 0.1) is 17.0 Å². The van der Waals surface area contributed by atoms with Gasteiger partial charge in [-0.2, -0.15) is 0 Å². The predicted molar refractivity (Wildman–Crippen MR) is 99.6 cm³/mol. The zero-order valence-electron chi connectivity index (χ0n) is 14.5. The summed E-state index contributed by atoms with van der Waals surface area (Å²) in [7, 11) is 0. The first-order chi connectivity index (χ1) is 13.0. The van der Waals surface area contributed by atoms with E-state index >= 15 is 0 Å². The van der Waals surface area contributed by atoms with E-state index in [0.717, 1.165) is 11.3 Å². The Morgan fingerprint density at radius 1 is 1.19 bits per heavy atom. The van der Waals surface area contributed by atoms with Crippen molar-refractivity contribution in [2.75, 3.05) is 11.4 Å². The van der Waals surface area contributed by atoms with Gasteiger partial charge in [-0.05, 0) is 43.2 Å². The van der Waals surface area contributed by atoms with E-state index < -0.39 is 4.92 Å². The monoisotopic (exact) mass is 364 g/mol. The molecule has 0 bridgehead atoms. The van der Waals surface area contributed by atoms with Crippen LogP contribution in [0.5, 0.6) is 0 Å². The van der Waals surface area contributed by atoms with Gasteiger partial charge in [-0.15, -0.1) is 0 Å². The number of aromatic amines is 1. The van der Waals surface area contributed by atoms with Crippen molar-refractivity contribution in [1.82, 2.24) is 9.55 Å². The highest BCUT2D eigenvalue weighted by atomic mass is 16.6. The molecule has 8 nitrogen and oxygen atoms in total. The van der Waals surface area contributed by atoms with Crippen molar-refractivity contribution < 1.29 is 9.72 Å². The molecule has 27 heavy (non-hydrogen) atoms. The number of benzene rings is 2. The molecule has 8 heteroatoms. The first kappa shape index (κ1) is 16.8. The summed E-state index contributed by atoms with van der Waals surface area (Å²) in [6.45, 7) is 2.29. The molecule has 1 N–H and O–H groups in total. The highest BCUT2D eigenvalue weighted by molar-refractivity contribution is 6.07. The standard InChI is InChI=1S/C19H16N4O4/c1-12-11-20-19(25)22(12)15-5-3-14(4-6-15)18(24)21-9-8-13-2-7-16(23(26)27)10-17(13)21/h2-7,10-11H,8-9H2,1H3,(H,20,25). The summed E-state index contributed by atoms with van der Waals surface area (Å²) in [5.41, 5.74) is 3.10. The fourth-order valence-electron chi connectivity index (χ4n) is 3.38. The number of nitrogens with one attached hydrogen (secondary N) is 1. The maximum atomic E-state index is 12.9. The van der Waals surface area contributed by atoms with Crippen molar-refractivity contribution in [3.05, 3.63) is 86.1 Å². The molecule has 4 rings (SSSR count). The average molecular weight is 364 g/mol. The molecular formula is C19H16N4O4. The highest BCUT2D eigenvalue weighted by Gasteiger charge is 2.27. The Bertz CT molecular complexity index is 1110. The van der Waals surface area contributed by atoms with Crippen LogP contribution in [-0.4, -0.2) is 26.9 Å². The third-order valence-corrected chi connectivity index (χ3v) is 4.75. The van der Waals surface area contributed by atoms with E-state index in [2.05, 4.69) is 4.98 Å². The van der Waals surface area contributed by atoms with Gasteiger partial charge in [0.1, 0.15) is 0 Å². The van der Waals surface area contributed by atoms with Crippen LogP contribution in [0.1, 0.15) is 21.6 Å². The largest absolute Gasteiger partial charge is 0.330 e. The van der Waals surface area contributed by atoms with E-state index in [4.69, 9.17) is 0 Å². The van der Waals surface area contributed by atoms with Gasteiger partial charge in [-0.3, -0.25) is 19.5 Å². The Morgan fingerprint density at radius 3 is 2.56 bits per heavy atom. The molecule has 0 spiro atoms. The number of H-pyrrole nitrogens is 1. The van der Waals surface area contributed by atoms with Crippen molar-refractivity contribution >= 4 is 17.3 Å². The van der Waals surface area contributed by atoms with E-state index in [-0.39, 0.29) is 17.3 Å². The predicted octanol–water partition coefficient (Wildman–Crippen LogP) is 2.59. The van der Waals surface area contributed by atoms with E-state index in [0.29, 0.717) is 29.9 Å². The lowest BCUT2D eigenvalue weighted by Gasteiger charge is -2.17. The molecule has 0 saturated heterocycles. The number of anilines is 1. The van der Waals surface area contributed by atoms with Crippen LogP contribution in [0.3, 0.4) is 0 Å². The van der Waals surface area contributed by atoms with Gasteiger partial charge in [0, 0.05) is 36.1 Å². The van der Waals surface area contributed by atoms with Crippen LogP contribution in [-0.2, 0) is 6.42 Å². The fraction of sp³-hybridized carbons (Fsp3) is 0.158. The number of fused-ring (bicyclic) bond motifs is 1. The normalized spacial score (nSPS) is 12.9. The van der Waals surface area contributed by atoms with Crippen molar-refractivity contribution in [1.29, 1.82) is 0 Å². The number of imidazole rings is 1. The second-order valence-electron chi connectivity index (χ2n) is 6.39. The number of non-ortho nitro benzene ring substituents is 1. The summed E-state index contributed by atoms with van der Waals surface area (Å²) in [6, 6.07) is 11.3. The second kappa shape index (κ2) is 6.24. The molecule has 136 valence electrons. The van der Waals surface area contributed by atoms with Gasteiger partial charge in [0.15, 0.2) is 0 Å². The van der Waals surface area contributed by atoms with Gasteiger partial charge in [-0.1, -0.05) is 6.07 Å². The molecule has 2 aromatic carbocycles. The smallest absolute Gasteiger partial charge is 0.312 e. The summed E-state index contributed by atoms with van der Waals surface area (Å²) in [5, 5.41) is 11.0. The summed E-state index contributed by atoms with van der Waals surface area (Å²) in [5.74, 6) is -0.223. The molecule has 0 fully saturated rings. The molecule has 2 heterocycles. The van der Waals surface area contributed by atoms with E-state index in [1.54, 1.807) is 41.4 Å². The third kappa shape index (κ3) is 2.80. The van der Waals surface area contributed by atoms with Crippen molar-refractivity contribution in [3.63, 3.8) is 0 Å². The van der Waals surface area contributed by atoms with Gasteiger partial charge >= 0.3 is 5.69 Å². The van der Waals surface area contributed by atoms with E-state index in [1.165, 1.54) is 16.7 Å². The fourth-order valence-corrected chi connectivity index (χ4v) is 3.38. The number of nitro groups is 1. The van der Waals surface area contributed by atoms with Crippen LogP contribution in [0.2, 0.25) is 0 Å². The molecule has 1 aliphatic heterocycles. The van der Waals surface area contributed by atoms with E-state index in [1.807, 2.05) is 6.92 Å². The summed E-state index contributed by atoms with van der Waals surface area (Å²) < 4.78 is 1.52. The molecular weight excluding hydrogens is 348 g/mol. The van der Waals surface area contributed by atoms with Crippen LogP contribution < -0.4 is 10.6 Å². The first-order valence-corrected chi connectivity index (χ1v) is 8.42. The molecule has 0 unspecified atom stereocenters. The number of aryl methyl sites for hydroxylation is 1. The van der Waals surface area contributed by atoms with E-state index in [9.17, 15) is 19.7 Å². The molecule has 1 aliphatic rings. The number of hydrogen-bond acceptors (Lipinski definition) is 4. The Morgan fingerprint density at radius 2 is 1.93 bits per heavy atom. The minimum atomic E-state index is -0.465. The van der Waals surface area contributed by atoms with Crippen LogP contribution in [0.25, 0.3) is 5.69 Å². The lowest BCUT2D eigenvalue weighted by atomic mass is 10.1. The summed E-state index contributed by atoms with van der Waals surface area (Å²) in [6.07, 6.45) is 2.28. The minimum absolute atomic E-state index is 0.0360. The molecule has 3 aromatic rings. The van der Waals surface area contributed by atoms with Crippen molar-refractivity contribution in [3.8, 4) is 5.69 Å². The molecule has 0 atom stereocenters. The summed E-state index contributed by atoms with van der Waals surface area (Å²) >= 11 is 0. The number of nitro benzene ring substituents is 1. The number of amides is 1. The van der Waals surface area contributed by atoms with Gasteiger partial charge < -0.3 is 9.88 Å². The topological polar surface area (TPSA) is 101 Å². The van der Waals surface area contributed by atoms with Gasteiger partial charge in [0.05, 0.1) is 16.3 Å². The molecule has 0 saturated carbocycles. The SMILES string of the molecule is Cc1c[nH]c(=O)n1-c1ccc(C(=O)N2CCc3ccc([N+](=O)[O-])cc32)cc1. The molecule has 1 aromatic heterocycles. The quantitative estimate of drug-likeness (QED) is 0.570. The Balaban J connectivity index is 1.65. The maximum absolute atomic E-state index is 12.9. The number of rotatable bonds is 3. The average Bonchev–Trinajstić information content (AvgIpc) is 3.24. The third-order valence-electron chi connectivity index (χ3n) is 4.75. The number of aromatic nitrogens is 2. The van der Waals surface area contributed by atoms with Crippen LogP contribution >= 0.6 is 0 Å². The lowest BCUT2D eigenvalue weighted by Crippen LogP contribution is -2.29. The maximum Gasteiger partial charge on any atom is 0.330 e. The van der Waals surface area contributed by atoms with Crippen LogP contribution in [0.4, 0.5) is 11.4 Å². The highest BCUT2D eigenvalue weighted by Crippen LogP contribution is 2.32. The Labute approximate surface area is 153 Å². The number of hydrogen-bond donors (Lipinski definition) is 1. The van der Waals surface area contributed by atoms with Crippen LogP contribution in [0.15, 0.2) is 53.5 Å². The zero-order chi connectivity index (χ0) is 19.1. The lowest BCUT2D eigenvalue weighted by molar-refractivity contribution is -0.384. The number of carbonyl (C=O) groups is 1. The molecule has 0 radical (unpaired) electrons. The van der Waals surface area contributed by atoms with Crippen molar-refractivity contribution in [2.24, 2.45) is 0 Å².